The van der Waals surface area contributed by atoms with Crippen LogP contribution in [-0.2, 0) is 10.0 Å². The highest BCUT2D eigenvalue weighted by molar-refractivity contribution is 7.92. The van der Waals surface area contributed by atoms with Crippen LogP contribution in [0.25, 0.3) is 21.9 Å². The number of carbonyl (C=O) groups is 1. The van der Waals surface area contributed by atoms with Gasteiger partial charge in [0.15, 0.2) is 0 Å². The van der Waals surface area contributed by atoms with Crippen molar-refractivity contribution in [3.8, 4) is 17.2 Å². The van der Waals surface area contributed by atoms with Crippen molar-refractivity contribution in [2.24, 2.45) is 0 Å². The molecular formula is C32H22Cl2N2O6S. The molecule has 8 nitrogen and oxygen atoms in total. The molecule has 6 aromatic rings. The number of furan rings is 1. The van der Waals surface area contributed by atoms with Crippen LogP contribution < -0.4 is 19.5 Å². The fourth-order valence-corrected chi connectivity index (χ4v) is 5.97. The molecule has 0 aliphatic rings. The van der Waals surface area contributed by atoms with Crippen molar-refractivity contribution < 1.29 is 27.1 Å². The summed E-state index contributed by atoms with van der Waals surface area (Å²) in [6.45, 7) is 0. The molecule has 2 N–H and O–H groups in total. The van der Waals surface area contributed by atoms with Crippen molar-refractivity contribution in [1.29, 1.82) is 0 Å². The number of halogens is 2. The highest BCUT2D eigenvalue weighted by atomic mass is 35.5. The van der Waals surface area contributed by atoms with Crippen LogP contribution in [0.5, 0.6) is 17.2 Å². The monoisotopic (exact) mass is 632 g/mol. The summed E-state index contributed by atoms with van der Waals surface area (Å²) in [7, 11) is -2.61. The Morgan fingerprint density at radius 2 is 1.51 bits per heavy atom. The van der Waals surface area contributed by atoms with E-state index in [0.29, 0.717) is 39.1 Å². The lowest BCUT2D eigenvalue weighted by Gasteiger charge is -2.15. The maximum Gasteiger partial charge on any atom is 0.261 e. The summed E-state index contributed by atoms with van der Waals surface area (Å²) in [5.74, 6) is 0.618. The predicted octanol–water partition coefficient (Wildman–Crippen LogP) is 8.75. The van der Waals surface area contributed by atoms with Gasteiger partial charge >= 0.3 is 0 Å². The normalized spacial score (nSPS) is 11.4. The molecule has 5 aromatic carbocycles. The third-order valence-electron chi connectivity index (χ3n) is 6.62. The Balaban J connectivity index is 1.26. The van der Waals surface area contributed by atoms with E-state index in [4.69, 9.17) is 37.1 Å². The number of fused-ring (bicyclic) bond motifs is 3. The van der Waals surface area contributed by atoms with E-state index in [-0.39, 0.29) is 21.2 Å². The van der Waals surface area contributed by atoms with Crippen LogP contribution in [0.1, 0.15) is 10.4 Å². The average molecular weight is 634 g/mol. The Labute approximate surface area is 256 Å². The van der Waals surface area contributed by atoms with Gasteiger partial charge in [0.1, 0.15) is 28.4 Å². The van der Waals surface area contributed by atoms with Crippen LogP contribution in [0.3, 0.4) is 0 Å². The number of sulfonamides is 1. The largest absolute Gasteiger partial charge is 0.495 e. The number of methoxy groups -OCH3 is 1. The van der Waals surface area contributed by atoms with Gasteiger partial charge in [-0.3, -0.25) is 9.52 Å². The summed E-state index contributed by atoms with van der Waals surface area (Å²) < 4.78 is 46.3. The minimum atomic E-state index is -4.10. The molecule has 43 heavy (non-hydrogen) atoms. The molecule has 0 fully saturated rings. The number of amides is 1. The summed E-state index contributed by atoms with van der Waals surface area (Å²) in [4.78, 5) is 13.5. The lowest BCUT2D eigenvalue weighted by atomic mass is 10.1. The minimum absolute atomic E-state index is 0.00139. The number of para-hydroxylation sites is 2. The van der Waals surface area contributed by atoms with Gasteiger partial charge in [-0.25, -0.2) is 8.42 Å². The van der Waals surface area contributed by atoms with Crippen LogP contribution in [-0.4, -0.2) is 21.4 Å². The van der Waals surface area contributed by atoms with Crippen molar-refractivity contribution in [3.05, 3.63) is 119 Å². The molecule has 6 rings (SSSR count). The molecule has 0 saturated heterocycles. The van der Waals surface area contributed by atoms with E-state index in [9.17, 15) is 13.2 Å². The second-order valence-electron chi connectivity index (χ2n) is 9.40. The summed E-state index contributed by atoms with van der Waals surface area (Å²) in [6, 6.07) is 28.0. The van der Waals surface area contributed by atoms with Crippen LogP contribution in [0, 0.1) is 0 Å². The summed E-state index contributed by atoms with van der Waals surface area (Å²) in [5.41, 5.74) is 1.61. The molecule has 0 radical (unpaired) electrons. The first kappa shape index (κ1) is 28.4. The number of carbonyl (C=O) groups excluding carboxylic acids is 1. The van der Waals surface area contributed by atoms with Crippen molar-refractivity contribution in [1.82, 2.24) is 0 Å². The third kappa shape index (κ3) is 5.83. The maximum atomic E-state index is 13.5. The van der Waals surface area contributed by atoms with Crippen LogP contribution in [0.15, 0.2) is 112 Å². The van der Waals surface area contributed by atoms with E-state index in [1.807, 2.05) is 24.3 Å². The van der Waals surface area contributed by atoms with E-state index >= 15 is 0 Å². The second kappa shape index (κ2) is 11.5. The Morgan fingerprint density at radius 1 is 0.767 bits per heavy atom. The highest BCUT2D eigenvalue weighted by Crippen LogP contribution is 2.37. The third-order valence-corrected chi connectivity index (χ3v) is 8.54. The lowest BCUT2D eigenvalue weighted by molar-refractivity contribution is 0.102. The first-order valence-electron chi connectivity index (χ1n) is 12.9. The summed E-state index contributed by atoms with van der Waals surface area (Å²) >= 11 is 12.4. The molecule has 11 heteroatoms. The number of anilines is 2. The fraction of sp³-hybridized carbons (Fsp3) is 0.0312. The Kier molecular flexibility index (Phi) is 7.62. The molecule has 0 aliphatic carbocycles. The Morgan fingerprint density at radius 3 is 2.28 bits per heavy atom. The van der Waals surface area contributed by atoms with Gasteiger partial charge in [-0.05, 0) is 66.7 Å². The van der Waals surface area contributed by atoms with E-state index in [2.05, 4.69) is 10.0 Å². The number of hydrogen-bond donors (Lipinski definition) is 2. The van der Waals surface area contributed by atoms with E-state index in [1.54, 1.807) is 36.4 Å². The standard InChI is InChI=1S/C32H22Cl2N2O6S/c1-40-31-17-23-22-6-2-4-8-28(22)42-30(23)18-27(31)35-32(37)24-16-19(33)10-15-26(24)36-43(38,39)21-13-11-20(12-14-21)41-29-9-5-3-7-25(29)34/h2-18,36H,1H3,(H,35,37). The quantitative estimate of drug-likeness (QED) is 0.174. The summed E-state index contributed by atoms with van der Waals surface area (Å²) in [5, 5.41) is 5.19. The molecular weight excluding hydrogens is 611 g/mol. The molecule has 0 atom stereocenters. The first-order chi connectivity index (χ1) is 20.7. The molecule has 216 valence electrons. The smallest absolute Gasteiger partial charge is 0.261 e. The summed E-state index contributed by atoms with van der Waals surface area (Å²) in [6.07, 6.45) is 0. The molecule has 0 aliphatic heterocycles. The van der Waals surface area contributed by atoms with Gasteiger partial charge in [-0.2, -0.15) is 0 Å². The zero-order chi connectivity index (χ0) is 30.1. The van der Waals surface area contributed by atoms with Gasteiger partial charge in [0.05, 0.1) is 34.0 Å². The SMILES string of the molecule is COc1cc2c(cc1NC(=O)c1cc(Cl)ccc1NS(=O)(=O)c1ccc(Oc3ccccc3Cl)cc1)oc1ccccc12. The van der Waals surface area contributed by atoms with Crippen molar-refractivity contribution >= 4 is 72.4 Å². The molecule has 1 amide bonds. The van der Waals surface area contributed by atoms with Crippen LogP contribution in [0.4, 0.5) is 11.4 Å². The van der Waals surface area contributed by atoms with Crippen molar-refractivity contribution in [2.75, 3.05) is 17.1 Å². The van der Waals surface area contributed by atoms with Crippen LogP contribution in [0.2, 0.25) is 10.0 Å². The predicted molar refractivity (Wildman–Crippen MR) is 168 cm³/mol. The molecule has 0 unspecified atom stereocenters. The zero-order valence-electron chi connectivity index (χ0n) is 22.4. The maximum absolute atomic E-state index is 13.5. The van der Waals surface area contributed by atoms with Gasteiger partial charge in [-0.1, -0.05) is 53.5 Å². The van der Waals surface area contributed by atoms with E-state index in [1.165, 1.54) is 49.6 Å². The number of rotatable bonds is 8. The molecule has 0 spiro atoms. The number of ether oxygens (including phenoxy) is 2. The second-order valence-corrected chi connectivity index (χ2v) is 11.9. The lowest BCUT2D eigenvalue weighted by Crippen LogP contribution is -2.19. The molecule has 0 bridgehead atoms. The Bertz CT molecular complexity index is 2110. The van der Waals surface area contributed by atoms with Gasteiger partial charge in [0.2, 0.25) is 0 Å². The Hall–Kier alpha value is -4.70. The molecule has 0 saturated carbocycles. The van der Waals surface area contributed by atoms with Gasteiger partial charge in [0, 0.05) is 21.9 Å². The average Bonchev–Trinajstić information content (AvgIpc) is 3.36. The van der Waals surface area contributed by atoms with E-state index in [0.717, 1.165) is 10.8 Å². The topological polar surface area (TPSA) is 107 Å². The zero-order valence-corrected chi connectivity index (χ0v) is 24.8. The highest BCUT2D eigenvalue weighted by Gasteiger charge is 2.21. The van der Waals surface area contributed by atoms with E-state index < -0.39 is 15.9 Å². The van der Waals surface area contributed by atoms with Gasteiger partial charge in [-0.15, -0.1) is 0 Å². The van der Waals surface area contributed by atoms with Crippen molar-refractivity contribution in [3.63, 3.8) is 0 Å². The van der Waals surface area contributed by atoms with Gasteiger partial charge < -0.3 is 19.2 Å². The van der Waals surface area contributed by atoms with Gasteiger partial charge in [0.25, 0.3) is 15.9 Å². The molecule has 1 aromatic heterocycles. The van der Waals surface area contributed by atoms with Crippen LogP contribution >= 0.6 is 23.2 Å². The molecule has 1 heterocycles. The fourth-order valence-electron chi connectivity index (χ4n) is 4.55. The minimum Gasteiger partial charge on any atom is -0.495 e. The number of benzene rings is 5. The number of hydrogen-bond acceptors (Lipinski definition) is 6. The first-order valence-corrected chi connectivity index (χ1v) is 15.1. The number of nitrogens with one attached hydrogen (secondary N) is 2. The van der Waals surface area contributed by atoms with Crippen molar-refractivity contribution in [2.45, 2.75) is 4.90 Å².